The first-order chi connectivity index (χ1) is 9.26. The Morgan fingerprint density at radius 2 is 2.11 bits per heavy atom. The summed E-state index contributed by atoms with van der Waals surface area (Å²) in [4.78, 5) is 4.20. The van der Waals surface area contributed by atoms with Crippen LogP contribution in [0.5, 0.6) is 0 Å². The lowest BCUT2D eigenvalue weighted by atomic mass is 9.97. The van der Waals surface area contributed by atoms with Crippen molar-refractivity contribution in [1.82, 2.24) is 10.2 Å². The van der Waals surface area contributed by atoms with Crippen LogP contribution in [0.15, 0.2) is 15.9 Å². The molecular weight excluding hydrogens is 320 g/mol. The Hall–Kier alpha value is 0.1000. The molecule has 4 heteroatoms. The van der Waals surface area contributed by atoms with Crippen molar-refractivity contribution < 1.29 is 0 Å². The molecule has 0 unspecified atom stereocenters. The molecule has 1 aromatic rings. The van der Waals surface area contributed by atoms with E-state index >= 15 is 0 Å². The van der Waals surface area contributed by atoms with Crippen LogP contribution in [0.2, 0.25) is 0 Å². The van der Waals surface area contributed by atoms with E-state index in [0.717, 1.165) is 0 Å². The lowest BCUT2D eigenvalue weighted by molar-refractivity contribution is 0.212. The Kier molecular flexibility index (Phi) is 4.62. The Morgan fingerprint density at radius 1 is 1.26 bits per heavy atom. The summed E-state index contributed by atoms with van der Waals surface area (Å²) in [7, 11) is 0. The zero-order valence-corrected chi connectivity index (χ0v) is 13.9. The van der Waals surface area contributed by atoms with Gasteiger partial charge in [0.05, 0.1) is 3.79 Å². The number of hydrogen-bond acceptors (Lipinski definition) is 3. The van der Waals surface area contributed by atoms with E-state index in [4.69, 9.17) is 0 Å². The monoisotopic (exact) mass is 342 g/mol. The standard InChI is InChI=1S/C15H23BrN2S/c16-14-5-4-13(19-14)6-11-18-10-3-9-17-15(12-18)7-1-2-8-15/h4-5,17H,1-3,6-12H2. The molecule has 2 nitrogen and oxygen atoms in total. The molecule has 0 aromatic carbocycles. The fourth-order valence-electron chi connectivity index (χ4n) is 3.55. The van der Waals surface area contributed by atoms with Gasteiger partial charge in [-0.15, -0.1) is 11.3 Å². The first kappa shape index (κ1) is 14.1. The summed E-state index contributed by atoms with van der Waals surface area (Å²) in [5.41, 5.74) is 0.451. The van der Waals surface area contributed by atoms with Crippen LogP contribution in [0.1, 0.15) is 37.0 Å². The molecule has 1 spiro atoms. The highest BCUT2D eigenvalue weighted by atomic mass is 79.9. The third-order valence-electron chi connectivity index (χ3n) is 4.54. The lowest BCUT2D eigenvalue weighted by Crippen LogP contribution is -2.49. The Balaban J connectivity index is 1.57. The van der Waals surface area contributed by atoms with Crippen molar-refractivity contribution in [1.29, 1.82) is 0 Å². The second-order valence-electron chi connectivity index (χ2n) is 6.00. The summed E-state index contributed by atoms with van der Waals surface area (Å²) in [6, 6.07) is 4.43. The van der Waals surface area contributed by atoms with E-state index in [9.17, 15) is 0 Å². The number of hydrogen-bond donors (Lipinski definition) is 1. The fourth-order valence-corrected chi connectivity index (χ4v) is 5.02. The van der Waals surface area contributed by atoms with Crippen LogP contribution in [0.25, 0.3) is 0 Å². The van der Waals surface area contributed by atoms with Gasteiger partial charge in [-0.3, -0.25) is 0 Å². The van der Waals surface area contributed by atoms with Crippen LogP contribution in [-0.2, 0) is 6.42 Å². The van der Waals surface area contributed by atoms with Crippen LogP contribution >= 0.6 is 27.3 Å². The van der Waals surface area contributed by atoms with Gasteiger partial charge in [0.25, 0.3) is 0 Å². The van der Waals surface area contributed by atoms with Gasteiger partial charge in [-0.2, -0.15) is 0 Å². The normalized spacial score (nSPS) is 23.8. The summed E-state index contributed by atoms with van der Waals surface area (Å²) in [6.07, 6.45) is 8.10. The predicted molar refractivity (Wildman–Crippen MR) is 86.0 cm³/mol. The van der Waals surface area contributed by atoms with Crippen molar-refractivity contribution in [2.75, 3.05) is 26.2 Å². The van der Waals surface area contributed by atoms with E-state index in [-0.39, 0.29) is 0 Å². The van der Waals surface area contributed by atoms with Gasteiger partial charge in [-0.25, -0.2) is 0 Å². The average Bonchev–Trinajstić information content (AvgIpc) is 2.95. The van der Waals surface area contributed by atoms with Gasteiger partial charge in [0.2, 0.25) is 0 Å². The van der Waals surface area contributed by atoms with Gasteiger partial charge < -0.3 is 10.2 Å². The first-order valence-corrected chi connectivity index (χ1v) is 9.08. The minimum atomic E-state index is 0.451. The second-order valence-corrected chi connectivity index (χ2v) is 8.55. The van der Waals surface area contributed by atoms with Crippen molar-refractivity contribution in [2.24, 2.45) is 0 Å². The van der Waals surface area contributed by atoms with E-state index in [1.54, 1.807) is 0 Å². The molecule has 3 rings (SSSR count). The van der Waals surface area contributed by atoms with E-state index in [0.29, 0.717) is 5.54 Å². The van der Waals surface area contributed by atoms with Crippen LogP contribution in [0.3, 0.4) is 0 Å². The number of halogens is 1. The summed E-state index contributed by atoms with van der Waals surface area (Å²) in [5.74, 6) is 0. The maximum Gasteiger partial charge on any atom is 0.0701 e. The summed E-state index contributed by atoms with van der Waals surface area (Å²) < 4.78 is 1.26. The molecule has 1 aliphatic carbocycles. The number of rotatable bonds is 3. The molecular formula is C15H23BrN2S. The fraction of sp³-hybridized carbons (Fsp3) is 0.733. The molecule has 1 saturated heterocycles. The third kappa shape index (κ3) is 3.60. The lowest BCUT2D eigenvalue weighted by Gasteiger charge is -2.33. The van der Waals surface area contributed by atoms with Crippen LogP contribution < -0.4 is 5.32 Å². The van der Waals surface area contributed by atoms with Gasteiger partial charge in [-0.05, 0) is 66.8 Å². The highest BCUT2D eigenvalue weighted by Crippen LogP contribution is 2.32. The van der Waals surface area contributed by atoms with Crippen molar-refractivity contribution >= 4 is 27.3 Å². The molecule has 0 radical (unpaired) electrons. The quantitative estimate of drug-likeness (QED) is 0.901. The van der Waals surface area contributed by atoms with Crippen molar-refractivity contribution in [3.8, 4) is 0 Å². The minimum absolute atomic E-state index is 0.451. The highest BCUT2D eigenvalue weighted by Gasteiger charge is 2.36. The summed E-state index contributed by atoms with van der Waals surface area (Å²) >= 11 is 5.43. The molecule has 0 bridgehead atoms. The van der Waals surface area contributed by atoms with E-state index < -0.39 is 0 Å². The maximum absolute atomic E-state index is 3.84. The molecule has 1 saturated carbocycles. The van der Waals surface area contributed by atoms with Gasteiger partial charge in [0.15, 0.2) is 0 Å². The maximum atomic E-state index is 3.84. The summed E-state index contributed by atoms with van der Waals surface area (Å²) in [6.45, 7) is 4.96. The van der Waals surface area contributed by atoms with Gasteiger partial charge >= 0.3 is 0 Å². The van der Waals surface area contributed by atoms with E-state index in [1.165, 1.54) is 73.4 Å². The topological polar surface area (TPSA) is 15.3 Å². The van der Waals surface area contributed by atoms with Crippen molar-refractivity contribution in [2.45, 2.75) is 44.1 Å². The van der Waals surface area contributed by atoms with Crippen LogP contribution in [0, 0.1) is 0 Å². The van der Waals surface area contributed by atoms with Crippen LogP contribution in [0.4, 0.5) is 0 Å². The Labute approximate surface area is 128 Å². The molecule has 2 aliphatic rings. The highest BCUT2D eigenvalue weighted by molar-refractivity contribution is 9.11. The smallest absolute Gasteiger partial charge is 0.0701 e. The zero-order valence-electron chi connectivity index (χ0n) is 11.5. The predicted octanol–water partition coefficient (Wildman–Crippen LogP) is 3.66. The molecule has 2 heterocycles. The number of nitrogens with one attached hydrogen (secondary N) is 1. The van der Waals surface area contributed by atoms with Crippen molar-refractivity contribution in [3.63, 3.8) is 0 Å². The van der Waals surface area contributed by atoms with Gasteiger partial charge in [0.1, 0.15) is 0 Å². The zero-order chi connectivity index (χ0) is 13.1. The third-order valence-corrected chi connectivity index (χ3v) is 6.22. The Morgan fingerprint density at radius 3 is 2.84 bits per heavy atom. The SMILES string of the molecule is Brc1ccc(CCN2CCCNC3(CCCC3)C2)s1. The molecule has 2 fully saturated rings. The Bertz CT molecular complexity index is 412. The van der Waals surface area contributed by atoms with E-state index in [1.807, 2.05) is 11.3 Å². The van der Waals surface area contributed by atoms with Crippen LogP contribution in [-0.4, -0.2) is 36.6 Å². The molecule has 0 amide bonds. The molecule has 1 aromatic heterocycles. The first-order valence-electron chi connectivity index (χ1n) is 7.47. The molecule has 1 N–H and O–H groups in total. The molecule has 106 valence electrons. The largest absolute Gasteiger partial charge is 0.310 e. The molecule has 1 aliphatic heterocycles. The number of nitrogens with zero attached hydrogens (tertiary/aromatic N) is 1. The van der Waals surface area contributed by atoms with Gasteiger partial charge in [-0.1, -0.05) is 12.8 Å². The van der Waals surface area contributed by atoms with Crippen molar-refractivity contribution in [3.05, 3.63) is 20.8 Å². The molecule has 19 heavy (non-hydrogen) atoms. The van der Waals surface area contributed by atoms with E-state index in [2.05, 4.69) is 38.3 Å². The average molecular weight is 343 g/mol. The molecule has 0 atom stereocenters. The second kappa shape index (κ2) is 6.25. The minimum Gasteiger partial charge on any atom is -0.310 e. The van der Waals surface area contributed by atoms with Gasteiger partial charge in [0, 0.05) is 23.5 Å². The number of thiophene rings is 1. The summed E-state index contributed by atoms with van der Waals surface area (Å²) in [5, 5.41) is 3.84.